The first-order valence-electron chi connectivity index (χ1n) is 10.5. The van der Waals surface area contributed by atoms with Crippen LogP contribution in [0.1, 0.15) is 46.4 Å². The molecule has 2 aliphatic rings. The van der Waals surface area contributed by atoms with Crippen molar-refractivity contribution in [1.29, 1.82) is 0 Å². The van der Waals surface area contributed by atoms with Gasteiger partial charge < -0.3 is 9.80 Å². The number of carbonyl (C=O) groups excluding carboxylic acids is 2. The highest BCUT2D eigenvalue weighted by molar-refractivity contribution is 5.98. The maximum absolute atomic E-state index is 12.7. The molecule has 1 atom stereocenters. The van der Waals surface area contributed by atoms with Gasteiger partial charge in [-0.1, -0.05) is 48.0 Å². The molecule has 0 aromatic heterocycles. The minimum atomic E-state index is 0.0464. The van der Waals surface area contributed by atoms with Crippen LogP contribution >= 0.6 is 0 Å². The van der Waals surface area contributed by atoms with Gasteiger partial charge in [0, 0.05) is 57.3 Å². The van der Waals surface area contributed by atoms with Crippen molar-refractivity contribution in [1.82, 2.24) is 14.7 Å². The summed E-state index contributed by atoms with van der Waals surface area (Å²) in [6.45, 7) is 8.72. The third kappa shape index (κ3) is 4.20. The Bertz CT molecular complexity index is 885. The lowest BCUT2D eigenvalue weighted by molar-refractivity contribution is -0.133. The summed E-state index contributed by atoms with van der Waals surface area (Å²) in [6.07, 6.45) is 0.396. The van der Waals surface area contributed by atoms with Crippen molar-refractivity contribution < 1.29 is 9.59 Å². The highest BCUT2D eigenvalue weighted by Gasteiger charge is 2.29. The molecule has 152 valence electrons. The van der Waals surface area contributed by atoms with Crippen molar-refractivity contribution >= 4 is 11.8 Å². The molecule has 0 N–H and O–H groups in total. The van der Waals surface area contributed by atoms with Gasteiger partial charge in [0.1, 0.15) is 0 Å². The number of amides is 2. The molecule has 0 saturated carbocycles. The summed E-state index contributed by atoms with van der Waals surface area (Å²) in [7, 11) is 0. The van der Waals surface area contributed by atoms with E-state index in [1.807, 2.05) is 29.2 Å². The number of carbonyl (C=O) groups is 2. The summed E-state index contributed by atoms with van der Waals surface area (Å²) in [5, 5.41) is 0. The average Bonchev–Trinajstić information content (AvgIpc) is 3.08. The average molecular weight is 392 g/mol. The number of benzene rings is 2. The van der Waals surface area contributed by atoms with Crippen molar-refractivity contribution in [3.63, 3.8) is 0 Å². The Kier molecular flexibility index (Phi) is 5.67. The first-order valence-corrected chi connectivity index (χ1v) is 10.5. The lowest BCUT2D eigenvalue weighted by atomic mass is 10.0. The number of piperazine rings is 1. The predicted molar refractivity (Wildman–Crippen MR) is 114 cm³/mol. The van der Waals surface area contributed by atoms with Crippen molar-refractivity contribution in [2.24, 2.45) is 0 Å². The fourth-order valence-electron chi connectivity index (χ4n) is 4.30. The van der Waals surface area contributed by atoms with Crippen molar-refractivity contribution in [2.45, 2.75) is 32.9 Å². The van der Waals surface area contributed by atoms with Crippen LogP contribution in [0.25, 0.3) is 0 Å². The topological polar surface area (TPSA) is 43.9 Å². The largest absolute Gasteiger partial charge is 0.340 e. The van der Waals surface area contributed by atoms with E-state index in [-0.39, 0.29) is 11.8 Å². The van der Waals surface area contributed by atoms with Crippen molar-refractivity contribution in [2.75, 3.05) is 32.7 Å². The second-order valence-electron chi connectivity index (χ2n) is 8.14. The third-order valence-corrected chi connectivity index (χ3v) is 6.27. The Morgan fingerprint density at radius 3 is 2.38 bits per heavy atom. The molecule has 2 amide bonds. The highest BCUT2D eigenvalue weighted by Crippen LogP contribution is 2.24. The second kappa shape index (κ2) is 8.37. The van der Waals surface area contributed by atoms with Gasteiger partial charge in [-0.25, -0.2) is 0 Å². The molecule has 2 aromatic rings. The molecular weight excluding hydrogens is 362 g/mol. The van der Waals surface area contributed by atoms with Crippen molar-refractivity contribution in [3.8, 4) is 0 Å². The number of fused-ring (bicyclic) bond motifs is 1. The minimum absolute atomic E-state index is 0.0464. The monoisotopic (exact) mass is 391 g/mol. The van der Waals surface area contributed by atoms with Crippen LogP contribution in [0.4, 0.5) is 0 Å². The van der Waals surface area contributed by atoms with Gasteiger partial charge in [-0.05, 0) is 31.0 Å². The first kappa shape index (κ1) is 19.6. The normalized spacial score (nSPS) is 18.1. The predicted octanol–water partition coefficient (Wildman–Crippen LogP) is 3.25. The summed E-state index contributed by atoms with van der Waals surface area (Å²) in [4.78, 5) is 31.3. The van der Waals surface area contributed by atoms with Crippen LogP contribution in [0.2, 0.25) is 0 Å². The summed E-state index contributed by atoms with van der Waals surface area (Å²) >= 11 is 0. The van der Waals surface area contributed by atoms with Crippen LogP contribution in [-0.4, -0.2) is 59.2 Å². The number of nitrogens with zero attached hydrogens (tertiary/aromatic N) is 3. The van der Waals surface area contributed by atoms with Gasteiger partial charge in [0.25, 0.3) is 5.91 Å². The summed E-state index contributed by atoms with van der Waals surface area (Å²) in [6, 6.07) is 16.8. The molecule has 5 heteroatoms. The van der Waals surface area contributed by atoms with Gasteiger partial charge in [0.2, 0.25) is 5.91 Å². The van der Waals surface area contributed by atoms with Crippen LogP contribution in [0.5, 0.6) is 0 Å². The Hall–Kier alpha value is -2.66. The van der Waals surface area contributed by atoms with Crippen molar-refractivity contribution in [3.05, 3.63) is 70.8 Å². The maximum atomic E-state index is 12.7. The minimum Gasteiger partial charge on any atom is -0.340 e. The van der Waals surface area contributed by atoms with E-state index in [0.29, 0.717) is 25.6 Å². The zero-order valence-electron chi connectivity index (χ0n) is 17.3. The second-order valence-corrected chi connectivity index (χ2v) is 8.14. The Morgan fingerprint density at radius 1 is 1.00 bits per heavy atom. The van der Waals surface area contributed by atoms with Gasteiger partial charge in [0.05, 0.1) is 0 Å². The molecule has 0 unspecified atom stereocenters. The zero-order valence-corrected chi connectivity index (χ0v) is 17.3. The van der Waals surface area contributed by atoms with E-state index in [2.05, 4.69) is 43.0 Å². The van der Waals surface area contributed by atoms with Gasteiger partial charge in [-0.2, -0.15) is 0 Å². The molecular formula is C24H29N3O2. The number of hydrogen-bond donors (Lipinski definition) is 0. The quantitative estimate of drug-likeness (QED) is 0.786. The van der Waals surface area contributed by atoms with E-state index < -0.39 is 0 Å². The SMILES string of the molecule is Cc1ccc([C@@H](C)N2CCN(C(=O)CCN3Cc4ccccc4C3=O)CC2)cc1. The third-order valence-electron chi connectivity index (χ3n) is 6.27. The number of aryl methyl sites for hydroxylation is 1. The molecule has 29 heavy (non-hydrogen) atoms. The summed E-state index contributed by atoms with van der Waals surface area (Å²) in [5.41, 5.74) is 4.43. The van der Waals surface area contributed by atoms with E-state index in [4.69, 9.17) is 0 Å². The lowest BCUT2D eigenvalue weighted by Gasteiger charge is -2.38. The molecule has 1 saturated heterocycles. The molecule has 2 aromatic carbocycles. The Morgan fingerprint density at radius 2 is 1.69 bits per heavy atom. The molecule has 0 spiro atoms. The van der Waals surface area contributed by atoms with Crippen LogP contribution in [0, 0.1) is 6.92 Å². The molecule has 1 fully saturated rings. The van der Waals surface area contributed by atoms with Crippen LogP contribution < -0.4 is 0 Å². The van der Waals surface area contributed by atoms with E-state index in [1.54, 1.807) is 4.90 Å². The molecule has 4 rings (SSSR count). The number of hydrogen-bond acceptors (Lipinski definition) is 3. The van der Waals surface area contributed by atoms with Crippen LogP contribution in [0.15, 0.2) is 48.5 Å². The molecule has 0 radical (unpaired) electrons. The maximum Gasteiger partial charge on any atom is 0.254 e. The molecule has 0 bridgehead atoms. The summed E-state index contributed by atoms with van der Waals surface area (Å²) in [5.74, 6) is 0.196. The standard InChI is InChI=1S/C24H29N3O2/c1-18-7-9-20(10-8-18)19(2)25-13-15-26(16-14-25)23(28)11-12-27-17-21-5-3-4-6-22(21)24(27)29/h3-10,19H,11-17H2,1-2H3/t19-/m1/s1. The van der Waals surface area contributed by atoms with Gasteiger partial charge in [0.15, 0.2) is 0 Å². The van der Waals surface area contributed by atoms with Gasteiger partial charge >= 0.3 is 0 Å². The van der Waals surface area contributed by atoms with E-state index in [0.717, 1.165) is 37.3 Å². The smallest absolute Gasteiger partial charge is 0.254 e. The van der Waals surface area contributed by atoms with Gasteiger partial charge in [-0.3, -0.25) is 14.5 Å². The van der Waals surface area contributed by atoms with E-state index in [1.165, 1.54) is 11.1 Å². The Labute approximate surface area is 172 Å². The highest BCUT2D eigenvalue weighted by atomic mass is 16.2. The number of rotatable bonds is 5. The Balaban J connectivity index is 1.25. The van der Waals surface area contributed by atoms with E-state index in [9.17, 15) is 9.59 Å². The fourth-order valence-corrected chi connectivity index (χ4v) is 4.30. The lowest BCUT2D eigenvalue weighted by Crippen LogP contribution is -2.49. The van der Waals surface area contributed by atoms with Crippen LogP contribution in [0.3, 0.4) is 0 Å². The first-order chi connectivity index (χ1) is 14.0. The molecule has 5 nitrogen and oxygen atoms in total. The molecule has 2 heterocycles. The fraction of sp³-hybridized carbons (Fsp3) is 0.417. The molecule has 0 aliphatic carbocycles. The van der Waals surface area contributed by atoms with Gasteiger partial charge in [-0.15, -0.1) is 0 Å². The van der Waals surface area contributed by atoms with E-state index >= 15 is 0 Å². The summed E-state index contributed by atoms with van der Waals surface area (Å²) < 4.78 is 0. The zero-order chi connectivity index (χ0) is 20.4. The van der Waals surface area contributed by atoms with Crippen LogP contribution in [-0.2, 0) is 11.3 Å². The molecule has 2 aliphatic heterocycles.